The van der Waals surface area contributed by atoms with Gasteiger partial charge < -0.3 is 10.2 Å². The molecule has 0 saturated carbocycles. The molecule has 0 aliphatic heterocycles. The standard InChI is InChI=1S/C9H18O2Si.H2O/c1-4-6-9(10)11-7-5-8-12(2)3;/h4,6,12H,5,7-8H2,1-3H3;1H2. The van der Waals surface area contributed by atoms with Crippen molar-refractivity contribution < 1.29 is 15.0 Å². The lowest BCUT2D eigenvalue weighted by atomic mass is 10.5. The lowest BCUT2D eigenvalue weighted by Crippen LogP contribution is -2.05. The molecule has 0 aromatic carbocycles. The predicted octanol–water partition coefficient (Wildman–Crippen LogP) is 1.16. The Hall–Kier alpha value is -0.613. The Balaban J connectivity index is 0. The third-order valence-corrected chi connectivity index (χ3v) is 3.04. The first-order valence-electron chi connectivity index (χ1n) is 4.46. The minimum atomic E-state index is -0.459. The van der Waals surface area contributed by atoms with Gasteiger partial charge in [-0.1, -0.05) is 25.2 Å². The highest BCUT2D eigenvalue weighted by Crippen LogP contribution is 1.97. The molecule has 0 rings (SSSR count). The number of ether oxygens (including phenoxy) is 1. The van der Waals surface area contributed by atoms with Gasteiger partial charge in [0.2, 0.25) is 0 Å². The van der Waals surface area contributed by atoms with E-state index in [0.717, 1.165) is 6.42 Å². The molecule has 0 aliphatic rings. The van der Waals surface area contributed by atoms with Crippen molar-refractivity contribution in [2.24, 2.45) is 0 Å². The fraction of sp³-hybridized carbons (Fsp3) is 0.667. The van der Waals surface area contributed by atoms with E-state index in [4.69, 9.17) is 4.74 Å². The van der Waals surface area contributed by atoms with Gasteiger partial charge in [0.25, 0.3) is 0 Å². The molecule has 4 heteroatoms. The van der Waals surface area contributed by atoms with Crippen molar-refractivity contribution in [1.82, 2.24) is 0 Å². The van der Waals surface area contributed by atoms with Crippen LogP contribution in [0.15, 0.2) is 12.2 Å². The van der Waals surface area contributed by atoms with Crippen LogP contribution in [0.1, 0.15) is 13.3 Å². The summed E-state index contributed by atoms with van der Waals surface area (Å²) in [6.45, 7) is 6.98. The molecule has 3 nitrogen and oxygen atoms in total. The van der Waals surface area contributed by atoms with E-state index in [1.54, 1.807) is 6.08 Å². The van der Waals surface area contributed by atoms with Gasteiger partial charge in [0.1, 0.15) is 0 Å². The highest BCUT2D eigenvalue weighted by Gasteiger charge is 1.98. The molecule has 0 fully saturated rings. The maximum Gasteiger partial charge on any atom is 0.330 e. The summed E-state index contributed by atoms with van der Waals surface area (Å²) >= 11 is 0. The zero-order valence-electron chi connectivity index (χ0n) is 8.67. The first-order chi connectivity index (χ1) is 5.66. The summed E-state index contributed by atoms with van der Waals surface area (Å²) in [4.78, 5) is 10.8. The Morgan fingerprint density at radius 2 is 2.08 bits per heavy atom. The number of carbonyl (C=O) groups is 1. The van der Waals surface area contributed by atoms with Crippen LogP contribution in [0.4, 0.5) is 0 Å². The summed E-state index contributed by atoms with van der Waals surface area (Å²) in [6.07, 6.45) is 4.17. The molecule has 0 unspecified atom stereocenters. The van der Waals surface area contributed by atoms with Gasteiger partial charge in [-0.3, -0.25) is 0 Å². The third kappa shape index (κ3) is 11.4. The molecule has 0 amide bonds. The highest BCUT2D eigenvalue weighted by atomic mass is 28.3. The van der Waals surface area contributed by atoms with Gasteiger partial charge >= 0.3 is 5.97 Å². The van der Waals surface area contributed by atoms with Crippen molar-refractivity contribution in [1.29, 1.82) is 0 Å². The van der Waals surface area contributed by atoms with Crippen LogP contribution in [0.25, 0.3) is 0 Å². The van der Waals surface area contributed by atoms with Crippen molar-refractivity contribution in [2.75, 3.05) is 6.61 Å². The van der Waals surface area contributed by atoms with Gasteiger partial charge in [-0.2, -0.15) is 0 Å². The number of hydrogen-bond acceptors (Lipinski definition) is 2. The van der Waals surface area contributed by atoms with Gasteiger partial charge in [0, 0.05) is 14.9 Å². The van der Waals surface area contributed by atoms with Crippen LogP contribution in [-0.4, -0.2) is 26.8 Å². The van der Waals surface area contributed by atoms with Gasteiger partial charge in [0.15, 0.2) is 0 Å². The van der Waals surface area contributed by atoms with Crippen LogP contribution >= 0.6 is 0 Å². The number of allylic oxidation sites excluding steroid dienone is 1. The molecule has 0 aliphatic carbocycles. The summed E-state index contributed by atoms with van der Waals surface area (Å²) in [7, 11) is -0.459. The summed E-state index contributed by atoms with van der Waals surface area (Å²) < 4.78 is 4.93. The minimum Gasteiger partial charge on any atom is -0.463 e. The van der Waals surface area contributed by atoms with E-state index in [1.807, 2.05) is 6.92 Å². The van der Waals surface area contributed by atoms with E-state index in [9.17, 15) is 4.79 Å². The van der Waals surface area contributed by atoms with Crippen molar-refractivity contribution in [3.05, 3.63) is 12.2 Å². The molecule has 0 radical (unpaired) electrons. The molecule has 0 bridgehead atoms. The van der Waals surface area contributed by atoms with Crippen molar-refractivity contribution in [3.63, 3.8) is 0 Å². The quantitative estimate of drug-likeness (QED) is 0.292. The first-order valence-corrected chi connectivity index (χ1v) is 7.59. The molecule has 0 aromatic rings. The first kappa shape index (κ1) is 14.9. The second-order valence-electron chi connectivity index (χ2n) is 3.20. The maximum absolute atomic E-state index is 10.8. The topological polar surface area (TPSA) is 57.8 Å². The summed E-state index contributed by atoms with van der Waals surface area (Å²) in [5.74, 6) is -0.220. The van der Waals surface area contributed by atoms with Crippen LogP contribution < -0.4 is 0 Å². The summed E-state index contributed by atoms with van der Waals surface area (Å²) in [5.41, 5.74) is 0. The second-order valence-corrected chi connectivity index (χ2v) is 6.57. The zero-order chi connectivity index (χ0) is 9.40. The number of carbonyl (C=O) groups excluding carboxylic acids is 1. The van der Waals surface area contributed by atoms with Crippen LogP contribution in [0.5, 0.6) is 0 Å². The van der Waals surface area contributed by atoms with E-state index in [1.165, 1.54) is 12.1 Å². The smallest absolute Gasteiger partial charge is 0.330 e. The minimum absolute atomic E-state index is 0. The third-order valence-electron chi connectivity index (χ3n) is 1.47. The average Bonchev–Trinajstić information content (AvgIpc) is 1.98. The molecule has 2 N–H and O–H groups in total. The van der Waals surface area contributed by atoms with E-state index >= 15 is 0 Å². The van der Waals surface area contributed by atoms with Gasteiger partial charge in [-0.25, -0.2) is 4.79 Å². The van der Waals surface area contributed by atoms with Gasteiger partial charge in [-0.05, 0) is 13.3 Å². The lowest BCUT2D eigenvalue weighted by Gasteiger charge is -2.03. The van der Waals surface area contributed by atoms with Crippen molar-refractivity contribution >= 4 is 14.8 Å². The van der Waals surface area contributed by atoms with E-state index in [-0.39, 0.29) is 11.4 Å². The van der Waals surface area contributed by atoms with Crippen LogP contribution in [0.2, 0.25) is 19.1 Å². The molecular formula is C9H20O3Si. The Morgan fingerprint density at radius 1 is 1.46 bits per heavy atom. The van der Waals surface area contributed by atoms with E-state index in [2.05, 4.69) is 13.1 Å². The number of esters is 1. The summed E-state index contributed by atoms with van der Waals surface area (Å²) in [5, 5.41) is 0. The van der Waals surface area contributed by atoms with E-state index in [0.29, 0.717) is 6.61 Å². The molecule has 0 saturated heterocycles. The molecule has 78 valence electrons. The van der Waals surface area contributed by atoms with Gasteiger partial charge in [-0.15, -0.1) is 0 Å². The summed E-state index contributed by atoms with van der Waals surface area (Å²) in [6, 6.07) is 1.25. The zero-order valence-corrected chi connectivity index (χ0v) is 9.82. The number of hydrogen-bond donors (Lipinski definition) is 0. The Bertz CT molecular complexity index is 155. The fourth-order valence-corrected chi connectivity index (χ4v) is 1.83. The molecule has 0 aromatic heterocycles. The fourth-order valence-electron chi connectivity index (χ4n) is 0.849. The average molecular weight is 204 g/mol. The normalized spacial score (nSPS) is 10.2. The molecule has 0 heterocycles. The Morgan fingerprint density at radius 3 is 2.54 bits per heavy atom. The van der Waals surface area contributed by atoms with E-state index < -0.39 is 8.80 Å². The van der Waals surface area contributed by atoms with Crippen LogP contribution in [0.3, 0.4) is 0 Å². The lowest BCUT2D eigenvalue weighted by molar-refractivity contribution is -0.137. The van der Waals surface area contributed by atoms with Crippen molar-refractivity contribution in [3.8, 4) is 0 Å². The second kappa shape index (κ2) is 9.47. The highest BCUT2D eigenvalue weighted by molar-refractivity contribution is 6.55. The Kier molecular flexibility index (Phi) is 10.8. The molecule has 0 spiro atoms. The van der Waals surface area contributed by atoms with Gasteiger partial charge in [0.05, 0.1) is 6.61 Å². The predicted molar refractivity (Wildman–Crippen MR) is 57.7 cm³/mol. The molecular weight excluding hydrogens is 184 g/mol. The maximum atomic E-state index is 10.8. The molecule has 0 atom stereocenters. The largest absolute Gasteiger partial charge is 0.463 e. The van der Waals surface area contributed by atoms with Crippen LogP contribution in [-0.2, 0) is 9.53 Å². The monoisotopic (exact) mass is 204 g/mol. The van der Waals surface area contributed by atoms with Crippen LogP contribution in [0, 0.1) is 0 Å². The number of rotatable bonds is 5. The SMILES string of the molecule is CC=CC(=O)OCCC[SiH](C)C.O. The van der Waals surface area contributed by atoms with Crippen molar-refractivity contribution in [2.45, 2.75) is 32.5 Å². The molecule has 13 heavy (non-hydrogen) atoms. The Labute approximate surface area is 81.7 Å².